The highest BCUT2D eigenvalue weighted by Gasteiger charge is 2.29. The monoisotopic (exact) mass is 222 g/mol. The lowest BCUT2D eigenvalue weighted by molar-refractivity contribution is -0.122. The average Bonchev–Trinajstić information content (AvgIpc) is 2.28. The molecule has 5 nitrogen and oxygen atoms in total. The van der Waals surface area contributed by atoms with Crippen LogP contribution in [0.2, 0.25) is 0 Å². The van der Waals surface area contributed by atoms with Crippen molar-refractivity contribution in [3.05, 3.63) is 23.8 Å². The van der Waals surface area contributed by atoms with Crippen LogP contribution in [0.15, 0.2) is 18.2 Å². The Hall–Kier alpha value is -1.75. The van der Waals surface area contributed by atoms with Crippen LogP contribution in [0.4, 0.5) is 0 Å². The summed E-state index contributed by atoms with van der Waals surface area (Å²) in [6.45, 7) is 2.59. The van der Waals surface area contributed by atoms with Crippen molar-refractivity contribution in [2.24, 2.45) is 11.5 Å². The molecule has 86 valence electrons. The Morgan fingerprint density at radius 1 is 1.31 bits per heavy atom. The first-order chi connectivity index (χ1) is 7.51. The number of nitrogens with two attached hydrogens (primary N) is 2. The summed E-state index contributed by atoms with van der Waals surface area (Å²) in [6.07, 6.45) is 0. The van der Waals surface area contributed by atoms with Crippen molar-refractivity contribution in [2.45, 2.75) is 12.5 Å². The Morgan fingerprint density at radius 3 is 2.56 bits per heavy atom. The van der Waals surface area contributed by atoms with Crippen LogP contribution in [0.3, 0.4) is 0 Å². The Balaban J connectivity index is 2.40. The second-order valence-corrected chi connectivity index (χ2v) is 3.93. The summed E-state index contributed by atoms with van der Waals surface area (Å²) in [6, 6.07) is 5.15. The molecular weight excluding hydrogens is 208 g/mol. The molecule has 0 bridgehead atoms. The molecule has 0 aromatic heterocycles. The van der Waals surface area contributed by atoms with Gasteiger partial charge in [0.2, 0.25) is 5.91 Å². The number of rotatable bonds is 2. The topological polar surface area (TPSA) is 87.6 Å². The molecule has 0 unspecified atom stereocenters. The van der Waals surface area contributed by atoms with E-state index in [0.29, 0.717) is 30.3 Å². The van der Waals surface area contributed by atoms with Gasteiger partial charge in [0.15, 0.2) is 11.5 Å². The molecule has 0 fully saturated rings. The van der Waals surface area contributed by atoms with Crippen molar-refractivity contribution in [3.63, 3.8) is 0 Å². The Bertz CT molecular complexity index is 429. The minimum absolute atomic E-state index is 0.494. The van der Waals surface area contributed by atoms with E-state index in [2.05, 4.69) is 0 Å². The van der Waals surface area contributed by atoms with E-state index in [0.717, 1.165) is 0 Å². The first-order valence-corrected chi connectivity index (χ1v) is 5.01. The fourth-order valence-corrected chi connectivity index (χ4v) is 1.51. The molecule has 1 amide bonds. The summed E-state index contributed by atoms with van der Waals surface area (Å²) in [7, 11) is 0. The molecule has 0 spiro atoms. The summed E-state index contributed by atoms with van der Waals surface area (Å²) < 4.78 is 10.8. The Kier molecular flexibility index (Phi) is 2.47. The SMILES string of the molecule is C[C@](N)(C(N)=O)c1ccc2c(c1)OCCO2. The van der Waals surface area contributed by atoms with Crippen molar-refractivity contribution < 1.29 is 14.3 Å². The summed E-state index contributed by atoms with van der Waals surface area (Å²) in [5.74, 6) is 0.682. The number of hydrogen-bond acceptors (Lipinski definition) is 4. The van der Waals surface area contributed by atoms with E-state index in [1.165, 1.54) is 0 Å². The van der Waals surface area contributed by atoms with E-state index in [-0.39, 0.29) is 0 Å². The van der Waals surface area contributed by atoms with Gasteiger partial charge in [-0.3, -0.25) is 4.79 Å². The van der Waals surface area contributed by atoms with Gasteiger partial charge < -0.3 is 20.9 Å². The quantitative estimate of drug-likeness (QED) is 0.743. The number of ether oxygens (including phenoxy) is 2. The van der Waals surface area contributed by atoms with Crippen LogP contribution in [0.1, 0.15) is 12.5 Å². The third-order valence-electron chi connectivity index (χ3n) is 2.65. The second kappa shape index (κ2) is 3.68. The average molecular weight is 222 g/mol. The first-order valence-electron chi connectivity index (χ1n) is 5.01. The zero-order chi connectivity index (χ0) is 11.8. The molecule has 4 N–H and O–H groups in total. The normalized spacial score (nSPS) is 17.6. The fourth-order valence-electron chi connectivity index (χ4n) is 1.51. The molecule has 1 atom stereocenters. The van der Waals surface area contributed by atoms with Gasteiger partial charge in [0.05, 0.1) is 0 Å². The third kappa shape index (κ3) is 1.69. The fraction of sp³-hybridized carbons (Fsp3) is 0.364. The van der Waals surface area contributed by atoms with Gasteiger partial charge in [-0.25, -0.2) is 0 Å². The number of carbonyl (C=O) groups excluding carboxylic acids is 1. The van der Waals surface area contributed by atoms with E-state index in [4.69, 9.17) is 20.9 Å². The van der Waals surface area contributed by atoms with Crippen LogP contribution < -0.4 is 20.9 Å². The van der Waals surface area contributed by atoms with Crippen molar-refractivity contribution in [3.8, 4) is 11.5 Å². The Morgan fingerprint density at radius 2 is 1.94 bits per heavy atom. The summed E-state index contributed by atoms with van der Waals surface area (Å²) in [5, 5.41) is 0. The number of primary amides is 1. The molecule has 0 saturated carbocycles. The van der Waals surface area contributed by atoms with Crippen molar-refractivity contribution in [2.75, 3.05) is 13.2 Å². The molecule has 1 heterocycles. The lowest BCUT2D eigenvalue weighted by Gasteiger charge is -2.24. The van der Waals surface area contributed by atoms with Crippen LogP contribution in [-0.4, -0.2) is 19.1 Å². The maximum atomic E-state index is 11.2. The highest BCUT2D eigenvalue weighted by Crippen LogP contribution is 2.33. The van der Waals surface area contributed by atoms with E-state index in [1.807, 2.05) is 0 Å². The van der Waals surface area contributed by atoms with Gasteiger partial charge in [-0.05, 0) is 24.6 Å². The molecule has 5 heteroatoms. The third-order valence-corrected chi connectivity index (χ3v) is 2.65. The Labute approximate surface area is 93.3 Å². The largest absolute Gasteiger partial charge is 0.486 e. The van der Waals surface area contributed by atoms with Crippen molar-refractivity contribution in [1.82, 2.24) is 0 Å². The van der Waals surface area contributed by atoms with E-state index < -0.39 is 11.4 Å². The van der Waals surface area contributed by atoms with E-state index in [1.54, 1.807) is 25.1 Å². The van der Waals surface area contributed by atoms with Crippen LogP contribution >= 0.6 is 0 Å². The van der Waals surface area contributed by atoms with Gasteiger partial charge in [-0.2, -0.15) is 0 Å². The molecule has 0 radical (unpaired) electrons. The van der Waals surface area contributed by atoms with Gasteiger partial charge in [-0.15, -0.1) is 0 Å². The van der Waals surface area contributed by atoms with Crippen molar-refractivity contribution in [1.29, 1.82) is 0 Å². The summed E-state index contributed by atoms with van der Waals surface area (Å²) >= 11 is 0. The van der Waals surface area contributed by atoms with E-state index >= 15 is 0 Å². The lowest BCUT2D eigenvalue weighted by Crippen LogP contribution is -2.46. The van der Waals surface area contributed by atoms with Gasteiger partial charge in [-0.1, -0.05) is 6.07 Å². The number of carbonyl (C=O) groups is 1. The van der Waals surface area contributed by atoms with Crippen LogP contribution in [0, 0.1) is 0 Å². The molecule has 1 aliphatic rings. The molecule has 16 heavy (non-hydrogen) atoms. The standard InChI is InChI=1S/C11H14N2O3/c1-11(13,10(12)14)7-2-3-8-9(6-7)16-5-4-15-8/h2-3,6H,4-5,13H2,1H3,(H2,12,14)/t11-/m1/s1. The zero-order valence-electron chi connectivity index (χ0n) is 9.03. The minimum Gasteiger partial charge on any atom is -0.486 e. The lowest BCUT2D eigenvalue weighted by atomic mass is 9.92. The molecule has 1 aromatic rings. The molecule has 0 aliphatic carbocycles. The minimum atomic E-state index is -1.20. The van der Waals surface area contributed by atoms with Gasteiger partial charge in [0, 0.05) is 0 Å². The van der Waals surface area contributed by atoms with Gasteiger partial charge in [0.1, 0.15) is 18.8 Å². The maximum absolute atomic E-state index is 11.2. The molecular formula is C11H14N2O3. The predicted octanol–water partition coefficient (Wildman–Crippen LogP) is 0.117. The zero-order valence-corrected chi connectivity index (χ0v) is 9.03. The highest BCUT2D eigenvalue weighted by atomic mass is 16.6. The number of amides is 1. The van der Waals surface area contributed by atoms with Gasteiger partial charge >= 0.3 is 0 Å². The van der Waals surface area contributed by atoms with Crippen LogP contribution in [0.25, 0.3) is 0 Å². The molecule has 1 aliphatic heterocycles. The maximum Gasteiger partial charge on any atom is 0.241 e. The molecule has 1 aromatic carbocycles. The predicted molar refractivity (Wildman–Crippen MR) is 58.2 cm³/mol. The number of fused-ring (bicyclic) bond motifs is 1. The van der Waals surface area contributed by atoms with Crippen LogP contribution in [-0.2, 0) is 10.3 Å². The first kappa shape index (κ1) is 10.8. The second-order valence-electron chi connectivity index (χ2n) is 3.93. The van der Waals surface area contributed by atoms with Crippen molar-refractivity contribution >= 4 is 5.91 Å². The summed E-state index contributed by atoms with van der Waals surface area (Å²) in [4.78, 5) is 11.2. The number of benzene rings is 1. The van der Waals surface area contributed by atoms with Crippen LogP contribution in [0.5, 0.6) is 11.5 Å². The van der Waals surface area contributed by atoms with Gasteiger partial charge in [0.25, 0.3) is 0 Å². The summed E-state index contributed by atoms with van der Waals surface area (Å²) in [5.41, 5.74) is 10.5. The number of hydrogen-bond donors (Lipinski definition) is 2. The smallest absolute Gasteiger partial charge is 0.241 e. The molecule has 0 saturated heterocycles. The molecule has 2 rings (SSSR count). The highest BCUT2D eigenvalue weighted by molar-refractivity contribution is 5.85. The van der Waals surface area contributed by atoms with E-state index in [9.17, 15) is 4.79 Å².